The van der Waals surface area contributed by atoms with Crippen LogP contribution in [0.2, 0.25) is 0 Å². The Hall–Kier alpha value is -2.33. The van der Waals surface area contributed by atoms with Crippen LogP contribution >= 0.6 is 0 Å². The predicted octanol–water partition coefficient (Wildman–Crippen LogP) is 1.78. The highest BCUT2D eigenvalue weighted by molar-refractivity contribution is 7.89. The van der Waals surface area contributed by atoms with E-state index in [0.717, 1.165) is 11.3 Å². The van der Waals surface area contributed by atoms with Crippen molar-refractivity contribution >= 4 is 10.0 Å². The smallest absolute Gasteiger partial charge is 0.240 e. The highest BCUT2D eigenvalue weighted by Crippen LogP contribution is 2.34. The summed E-state index contributed by atoms with van der Waals surface area (Å²) in [5, 5.41) is 0. The Morgan fingerprint density at radius 2 is 1.86 bits per heavy atom. The van der Waals surface area contributed by atoms with E-state index in [1.54, 1.807) is 13.2 Å². The molecule has 9 heteroatoms. The summed E-state index contributed by atoms with van der Waals surface area (Å²) >= 11 is 0. The van der Waals surface area contributed by atoms with Gasteiger partial charge in [-0.25, -0.2) is 13.1 Å². The van der Waals surface area contributed by atoms with Crippen molar-refractivity contribution in [3.63, 3.8) is 0 Å². The molecule has 1 atom stereocenters. The third-order valence-corrected chi connectivity index (χ3v) is 6.53. The summed E-state index contributed by atoms with van der Waals surface area (Å²) in [5.41, 5.74) is 0.935. The standard InChI is InChI=1S/C20H24N2O6S/c1-25-18-5-3-2-4-16(18)17(22-8-10-26-11-9-22)13-21-29(23,24)15-6-7-19-20(12-15)28-14-27-19/h2-7,12,17,21H,8-11,13-14H2,1H3/t17-/m1/s1. The van der Waals surface area contributed by atoms with Crippen LogP contribution in [0.25, 0.3) is 0 Å². The van der Waals surface area contributed by atoms with Gasteiger partial charge in [-0.15, -0.1) is 0 Å². The van der Waals surface area contributed by atoms with Crippen molar-refractivity contribution in [2.24, 2.45) is 0 Å². The summed E-state index contributed by atoms with van der Waals surface area (Å²) in [6.07, 6.45) is 0. The summed E-state index contributed by atoms with van der Waals surface area (Å²) in [6, 6.07) is 12.1. The summed E-state index contributed by atoms with van der Waals surface area (Å²) in [6.45, 7) is 2.96. The first-order valence-electron chi connectivity index (χ1n) is 9.42. The molecule has 2 aliphatic heterocycles. The third-order valence-electron chi connectivity index (χ3n) is 5.11. The van der Waals surface area contributed by atoms with E-state index < -0.39 is 10.0 Å². The SMILES string of the molecule is COc1ccccc1[C@@H](CNS(=O)(=O)c1ccc2c(c1)OCO2)N1CCOCC1. The van der Waals surface area contributed by atoms with Crippen molar-refractivity contribution in [1.29, 1.82) is 0 Å². The van der Waals surface area contributed by atoms with Crippen molar-refractivity contribution in [3.8, 4) is 17.2 Å². The van der Waals surface area contributed by atoms with Crippen LogP contribution < -0.4 is 18.9 Å². The lowest BCUT2D eigenvalue weighted by atomic mass is 10.0. The van der Waals surface area contributed by atoms with Gasteiger partial charge in [0.2, 0.25) is 16.8 Å². The fourth-order valence-electron chi connectivity index (χ4n) is 3.58. The van der Waals surface area contributed by atoms with Crippen LogP contribution in [0.3, 0.4) is 0 Å². The molecule has 2 aromatic carbocycles. The van der Waals surface area contributed by atoms with Gasteiger partial charge in [0, 0.05) is 31.3 Å². The molecule has 0 amide bonds. The van der Waals surface area contributed by atoms with Crippen LogP contribution in [0.1, 0.15) is 11.6 Å². The van der Waals surface area contributed by atoms with Crippen molar-refractivity contribution in [2.45, 2.75) is 10.9 Å². The number of para-hydroxylation sites is 1. The molecule has 0 bridgehead atoms. The van der Waals surface area contributed by atoms with E-state index in [4.69, 9.17) is 18.9 Å². The maximum absolute atomic E-state index is 12.9. The first-order valence-corrected chi connectivity index (χ1v) is 10.9. The lowest BCUT2D eigenvalue weighted by Gasteiger charge is -2.35. The number of sulfonamides is 1. The Bertz CT molecular complexity index is 959. The molecule has 1 N–H and O–H groups in total. The quantitative estimate of drug-likeness (QED) is 0.731. The van der Waals surface area contributed by atoms with E-state index in [0.29, 0.717) is 37.8 Å². The largest absolute Gasteiger partial charge is 0.496 e. The molecule has 2 heterocycles. The number of methoxy groups -OCH3 is 1. The van der Waals surface area contributed by atoms with Crippen LogP contribution in [0, 0.1) is 0 Å². The number of ether oxygens (including phenoxy) is 4. The number of nitrogens with zero attached hydrogens (tertiary/aromatic N) is 1. The number of morpholine rings is 1. The molecule has 2 aromatic rings. The average molecular weight is 420 g/mol. The fourth-order valence-corrected chi connectivity index (χ4v) is 4.64. The minimum atomic E-state index is -3.73. The maximum Gasteiger partial charge on any atom is 0.240 e. The maximum atomic E-state index is 12.9. The first-order chi connectivity index (χ1) is 14.1. The number of hydrogen-bond acceptors (Lipinski definition) is 7. The molecule has 29 heavy (non-hydrogen) atoms. The van der Waals surface area contributed by atoms with Gasteiger partial charge in [0.25, 0.3) is 0 Å². The Morgan fingerprint density at radius 1 is 1.10 bits per heavy atom. The summed E-state index contributed by atoms with van der Waals surface area (Å²) in [7, 11) is -2.11. The van der Waals surface area contributed by atoms with Crippen LogP contribution in [0.5, 0.6) is 17.2 Å². The van der Waals surface area contributed by atoms with Gasteiger partial charge >= 0.3 is 0 Å². The van der Waals surface area contributed by atoms with Crippen LogP contribution in [0.4, 0.5) is 0 Å². The first kappa shape index (κ1) is 20.0. The van der Waals surface area contributed by atoms with Gasteiger partial charge in [-0.05, 0) is 18.2 Å². The van der Waals surface area contributed by atoms with Gasteiger partial charge in [-0.2, -0.15) is 0 Å². The Morgan fingerprint density at radius 3 is 2.66 bits per heavy atom. The van der Waals surface area contributed by atoms with Gasteiger partial charge in [-0.3, -0.25) is 4.90 Å². The van der Waals surface area contributed by atoms with Crippen LogP contribution in [0.15, 0.2) is 47.4 Å². The summed E-state index contributed by atoms with van der Waals surface area (Å²) in [5.74, 6) is 1.71. The molecule has 0 aromatic heterocycles. The normalized spacial score (nSPS) is 17.8. The molecule has 0 aliphatic carbocycles. The zero-order valence-corrected chi connectivity index (χ0v) is 17.0. The number of benzene rings is 2. The Balaban J connectivity index is 1.57. The van der Waals surface area contributed by atoms with Crippen molar-refractivity contribution < 1.29 is 27.4 Å². The molecule has 2 aliphatic rings. The number of fused-ring (bicyclic) bond motifs is 1. The number of nitrogens with one attached hydrogen (secondary N) is 1. The lowest BCUT2D eigenvalue weighted by molar-refractivity contribution is 0.0167. The molecule has 8 nitrogen and oxygen atoms in total. The van der Waals surface area contributed by atoms with Crippen molar-refractivity contribution in [3.05, 3.63) is 48.0 Å². The predicted molar refractivity (Wildman–Crippen MR) is 106 cm³/mol. The van der Waals surface area contributed by atoms with Gasteiger partial charge < -0.3 is 18.9 Å². The summed E-state index contributed by atoms with van der Waals surface area (Å²) in [4.78, 5) is 2.35. The topological polar surface area (TPSA) is 86.3 Å². The molecule has 0 spiro atoms. The molecule has 4 rings (SSSR count). The molecule has 1 fully saturated rings. The monoisotopic (exact) mass is 420 g/mol. The van der Waals surface area contributed by atoms with Gasteiger partial charge in [0.1, 0.15) is 5.75 Å². The highest BCUT2D eigenvalue weighted by Gasteiger charge is 2.28. The van der Waals surface area contributed by atoms with Gasteiger partial charge in [0.05, 0.1) is 31.3 Å². The summed E-state index contributed by atoms with van der Waals surface area (Å²) < 4.78 is 50.1. The van der Waals surface area contributed by atoms with E-state index in [1.807, 2.05) is 24.3 Å². The molecular weight excluding hydrogens is 396 g/mol. The fraction of sp³-hybridized carbons (Fsp3) is 0.400. The third kappa shape index (κ3) is 4.32. The molecule has 0 saturated carbocycles. The van der Waals surface area contributed by atoms with E-state index in [-0.39, 0.29) is 24.3 Å². The second kappa shape index (κ2) is 8.58. The van der Waals surface area contributed by atoms with Crippen LogP contribution in [-0.2, 0) is 14.8 Å². The minimum Gasteiger partial charge on any atom is -0.496 e. The van der Waals surface area contributed by atoms with E-state index >= 15 is 0 Å². The Kier molecular flexibility index (Phi) is 5.91. The second-order valence-electron chi connectivity index (χ2n) is 6.77. The van der Waals surface area contributed by atoms with Crippen molar-refractivity contribution in [1.82, 2.24) is 9.62 Å². The molecular formula is C20H24N2O6S. The molecule has 0 unspecified atom stereocenters. The van der Waals surface area contributed by atoms with Crippen LogP contribution in [-0.4, -0.2) is 60.1 Å². The zero-order valence-electron chi connectivity index (χ0n) is 16.2. The minimum absolute atomic E-state index is 0.0964. The molecule has 1 saturated heterocycles. The van der Waals surface area contributed by atoms with E-state index in [1.165, 1.54) is 12.1 Å². The van der Waals surface area contributed by atoms with E-state index in [2.05, 4.69) is 9.62 Å². The Labute approximate surface area is 170 Å². The number of hydrogen-bond donors (Lipinski definition) is 1. The average Bonchev–Trinajstić information content (AvgIpc) is 3.23. The van der Waals surface area contributed by atoms with Gasteiger partial charge in [-0.1, -0.05) is 18.2 Å². The van der Waals surface area contributed by atoms with E-state index in [9.17, 15) is 8.42 Å². The molecule has 0 radical (unpaired) electrons. The zero-order chi connectivity index (χ0) is 20.3. The van der Waals surface area contributed by atoms with Crippen molar-refractivity contribution in [2.75, 3.05) is 46.8 Å². The highest BCUT2D eigenvalue weighted by atomic mass is 32.2. The second-order valence-corrected chi connectivity index (χ2v) is 8.54. The lowest BCUT2D eigenvalue weighted by Crippen LogP contribution is -2.43. The number of rotatable bonds is 7. The molecule has 156 valence electrons. The van der Waals surface area contributed by atoms with Gasteiger partial charge in [0.15, 0.2) is 11.5 Å².